The van der Waals surface area contributed by atoms with Crippen molar-refractivity contribution < 1.29 is 4.39 Å². The molecule has 0 amide bonds. The SMILES string of the molecule is Fc1c([AsH]c2nccn3c(C4CCC4)ncc23)ccc2ccc(-c3cccs3)nc12. The van der Waals surface area contributed by atoms with E-state index in [9.17, 15) is 0 Å². The van der Waals surface area contributed by atoms with Crippen LogP contribution in [0.1, 0.15) is 31.0 Å². The van der Waals surface area contributed by atoms with E-state index < -0.39 is 15.8 Å². The van der Waals surface area contributed by atoms with Crippen molar-refractivity contribution >= 4 is 52.3 Å². The molecule has 1 aliphatic rings. The number of halogens is 1. The Morgan fingerprint density at radius 3 is 2.80 bits per heavy atom. The van der Waals surface area contributed by atoms with Gasteiger partial charge in [-0.2, -0.15) is 0 Å². The van der Waals surface area contributed by atoms with Crippen molar-refractivity contribution in [3.63, 3.8) is 0 Å². The van der Waals surface area contributed by atoms with Crippen LogP contribution < -0.4 is 8.83 Å². The van der Waals surface area contributed by atoms with Gasteiger partial charge in [0.05, 0.1) is 0 Å². The summed E-state index contributed by atoms with van der Waals surface area (Å²) in [6, 6.07) is 11.8. The van der Waals surface area contributed by atoms with Crippen molar-refractivity contribution in [3.8, 4) is 10.6 Å². The normalized spacial score (nSPS) is 14.8. The molecular formula is C23H18AsFN4S. The first-order chi connectivity index (χ1) is 14.8. The molecule has 0 spiro atoms. The predicted molar refractivity (Wildman–Crippen MR) is 121 cm³/mol. The molecule has 0 radical (unpaired) electrons. The Morgan fingerprint density at radius 2 is 2.00 bits per heavy atom. The number of aromatic nitrogens is 4. The van der Waals surface area contributed by atoms with E-state index in [-0.39, 0.29) is 5.82 Å². The van der Waals surface area contributed by atoms with Crippen LogP contribution in [0.15, 0.2) is 60.4 Å². The summed E-state index contributed by atoms with van der Waals surface area (Å²) in [6.45, 7) is 0. The zero-order valence-corrected chi connectivity index (χ0v) is 19.0. The van der Waals surface area contributed by atoms with Crippen LogP contribution in [-0.4, -0.2) is 35.1 Å². The maximum atomic E-state index is 15.5. The summed E-state index contributed by atoms with van der Waals surface area (Å²) in [7, 11) is 0. The molecule has 0 bridgehead atoms. The van der Waals surface area contributed by atoms with Crippen LogP contribution >= 0.6 is 11.3 Å². The van der Waals surface area contributed by atoms with Crippen LogP contribution in [0.2, 0.25) is 0 Å². The van der Waals surface area contributed by atoms with E-state index in [1.54, 1.807) is 11.3 Å². The molecule has 4 nitrogen and oxygen atoms in total. The molecule has 4 heterocycles. The third kappa shape index (κ3) is 2.98. The first-order valence-electron chi connectivity index (χ1n) is 10.00. The van der Waals surface area contributed by atoms with Crippen molar-refractivity contribution in [2.24, 2.45) is 0 Å². The van der Waals surface area contributed by atoms with Crippen LogP contribution in [0.4, 0.5) is 4.39 Å². The Labute approximate surface area is 183 Å². The van der Waals surface area contributed by atoms with Gasteiger partial charge in [-0.25, -0.2) is 0 Å². The van der Waals surface area contributed by atoms with Gasteiger partial charge in [0.25, 0.3) is 0 Å². The van der Waals surface area contributed by atoms with Gasteiger partial charge >= 0.3 is 184 Å². The number of pyridine rings is 1. The quantitative estimate of drug-likeness (QED) is 0.371. The number of thiophene rings is 1. The van der Waals surface area contributed by atoms with Crippen LogP contribution in [-0.2, 0) is 0 Å². The summed E-state index contributed by atoms with van der Waals surface area (Å²) >= 11 is 0.645. The van der Waals surface area contributed by atoms with Crippen LogP contribution in [0.25, 0.3) is 27.0 Å². The molecule has 1 unspecified atom stereocenters. The summed E-state index contributed by atoms with van der Waals surface area (Å²) in [5.74, 6) is 1.45. The molecule has 1 atom stereocenters. The Hall–Kier alpha value is -2.56. The van der Waals surface area contributed by atoms with E-state index in [4.69, 9.17) is 0 Å². The molecular weight excluding hydrogens is 458 g/mol. The number of imidazole rings is 1. The van der Waals surface area contributed by atoms with Crippen molar-refractivity contribution in [1.29, 1.82) is 0 Å². The van der Waals surface area contributed by atoms with Gasteiger partial charge in [-0.05, 0) is 0 Å². The van der Waals surface area contributed by atoms with Crippen LogP contribution in [0, 0.1) is 5.82 Å². The first kappa shape index (κ1) is 18.2. The van der Waals surface area contributed by atoms with E-state index >= 15 is 4.39 Å². The molecule has 148 valence electrons. The van der Waals surface area contributed by atoms with Crippen molar-refractivity contribution in [2.45, 2.75) is 25.2 Å². The topological polar surface area (TPSA) is 43.1 Å². The minimum atomic E-state index is -0.968. The Morgan fingerprint density at radius 1 is 1.10 bits per heavy atom. The van der Waals surface area contributed by atoms with Gasteiger partial charge in [0, 0.05) is 0 Å². The molecule has 1 aliphatic carbocycles. The monoisotopic (exact) mass is 476 g/mol. The van der Waals surface area contributed by atoms with Crippen molar-refractivity contribution in [2.75, 3.05) is 0 Å². The average molecular weight is 476 g/mol. The average Bonchev–Trinajstić information content (AvgIpc) is 3.40. The third-order valence-electron chi connectivity index (χ3n) is 5.78. The molecule has 0 saturated heterocycles. The zero-order valence-electron chi connectivity index (χ0n) is 16.0. The van der Waals surface area contributed by atoms with Gasteiger partial charge in [-0.15, -0.1) is 0 Å². The summed E-state index contributed by atoms with van der Waals surface area (Å²) in [5, 5.41) is 2.83. The van der Waals surface area contributed by atoms with Gasteiger partial charge in [-0.3, -0.25) is 0 Å². The summed E-state index contributed by atoms with van der Waals surface area (Å²) < 4.78 is 19.3. The van der Waals surface area contributed by atoms with Gasteiger partial charge in [0.1, 0.15) is 0 Å². The second-order valence-electron chi connectivity index (χ2n) is 7.57. The Balaban J connectivity index is 1.41. The molecule has 30 heavy (non-hydrogen) atoms. The summed E-state index contributed by atoms with van der Waals surface area (Å²) in [4.78, 5) is 15.0. The number of hydrogen-bond acceptors (Lipinski definition) is 4. The number of rotatable bonds is 4. The van der Waals surface area contributed by atoms with Crippen LogP contribution in [0.3, 0.4) is 0 Å². The van der Waals surface area contributed by atoms with Crippen molar-refractivity contribution in [1.82, 2.24) is 19.4 Å². The summed E-state index contributed by atoms with van der Waals surface area (Å²) in [5.41, 5.74) is 2.27. The third-order valence-corrected chi connectivity index (χ3v) is 9.36. The van der Waals surface area contributed by atoms with Crippen LogP contribution in [0.5, 0.6) is 0 Å². The standard InChI is InChI=1S/C23H18AsFN4S/c25-20-16(8-6-14-7-9-17(28-21(14)20)19-5-2-12-30-19)24-22-18-13-27-23(15-3-1-4-15)29(18)11-10-26-22/h2,5-13,15,24H,1,3-4H2. The van der Waals surface area contributed by atoms with Gasteiger partial charge < -0.3 is 0 Å². The number of benzene rings is 1. The molecule has 1 aromatic carbocycles. The van der Waals surface area contributed by atoms with E-state index in [1.807, 2.05) is 60.4 Å². The van der Waals surface area contributed by atoms with Crippen molar-refractivity contribution in [3.05, 3.63) is 72.0 Å². The second-order valence-corrected chi connectivity index (χ2v) is 11.2. The summed E-state index contributed by atoms with van der Waals surface area (Å²) in [6.07, 6.45) is 9.38. The molecule has 5 aromatic rings. The molecule has 1 saturated carbocycles. The van der Waals surface area contributed by atoms with Gasteiger partial charge in [0.2, 0.25) is 0 Å². The van der Waals surface area contributed by atoms with E-state index in [0.717, 1.165) is 36.1 Å². The molecule has 1 fully saturated rings. The van der Waals surface area contributed by atoms with Gasteiger partial charge in [0.15, 0.2) is 0 Å². The molecule has 0 N–H and O–H groups in total. The second kappa shape index (κ2) is 7.29. The Kier molecular flexibility index (Phi) is 4.43. The first-order valence-corrected chi connectivity index (χ1v) is 13.0. The molecule has 6 rings (SSSR count). The fourth-order valence-electron chi connectivity index (χ4n) is 3.95. The van der Waals surface area contributed by atoms with E-state index in [2.05, 4.69) is 19.4 Å². The number of fused-ring (bicyclic) bond motifs is 2. The fourth-order valence-corrected chi connectivity index (χ4v) is 6.96. The number of nitrogens with zero attached hydrogens (tertiary/aromatic N) is 4. The zero-order chi connectivity index (χ0) is 20.1. The molecule has 0 aliphatic heterocycles. The molecule has 7 heteroatoms. The molecule has 4 aromatic heterocycles. The predicted octanol–water partition coefficient (Wildman–Crippen LogP) is 3.80. The Bertz CT molecular complexity index is 1380. The number of hydrogen-bond donors (Lipinski definition) is 0. The van der Waals surface area contributed by atoms with Gasteiger partial charge in [-0.1, -0.05) is 0 Å². The maximum absolute atomic E-state index is 15.5. The minimum absolute atomic E-state index is 0.214. The van der Waals surface area contributed by atoms with E-state index in [1.165, 1.54) is 19.3 Å². The van der Waals surface area contributed by atoms with E-state index in [0.29, 0.717) is 11.4 Å². The fraction of sp³-hybridized carbons (Fsp3) is 0.174.